The van der Waals surface area contributed by atoms with E-state index in [1.165, 1.54) is 27.6 Å². The highest BCUT2D eigenvalue weighted by atomic mass is 32.3. The number of rotatable bonds is 6. The Bertz CT molecular complexity index is 1410. The fourth-order valence-electron chi connectivity index (χ4n) is 4.54. The van der Waals surface area contributed by atoms with Gasteiger partial charge in [0.1, 0.15) is 11.9 Å². The molecule has 1 saturated heterocycles. The van der Waals surface area contributed by atoms with Crippen molar-refractivity contribution in [2.24, 2.45) is 5.92 Å². The molecule has 3 heterocycles. The number of benzene rings is 1. The standard InChI is InChI=1S/C22H24N6O5S/c1-13-24-15-6-3-7-16(20(15)22(31)28(13)17-8-9-18(29)25-21(17)30)26-34(32,33)19-10-11-23-27(19)12-14-4-2-5-14/h3,6-7,10-11,14,17H,2,4-5,8-9,12H2,1H3,(H2-,25,26,29,30,31,32,33). The largest absolute Gasteiger partial charge is 0.587 e. The number of aromatic nitrogens is 4. The lowest BCUT2D eigenvalue weighted by molar-refractivity contribution is -0.135. The molecule has 11 nitrogen and oxygen atoms in total. The Labute approximate surface area is 195 Å². The number of anilines is 1. The van der Waals surface area contributed by atoms with Crippen molar-refractivity contribution in [2.75, 3.05) is 4.72 Å². The molecule has 2 unspecified atom stereocenters. The number of aryl methyl sites for hydroxylation is 1. The summed E-state index contributed by atoms with van der Waals surface area (Å²) in [5, 5.41) is 6.48. The van der Waals surface area contributed by atoms with Crippen molar-refractivity contribution < 1.29 is 18.4 Å². The van der Waals surface area contributed by atoms with Gasteiger partial charge in [0.2, 0.25) is 11.8 Å². The molecule has 2 aromatic heterocycles. The highest BCUT2D eigenvalue weighted by Crippen LogP contribution is 2.30. The third kappa shape index (κ3) is 3.92. The van der Waals surface area contributed by atoms with Crippen molar-refractivity contribution in [3.8, 4) is 0 Å². The maximum absolute atomic E-state index is 13.5. The monoisotopic (exact) mass is 484 g/mol. The Kier molecular flexibility index (Phi) is 5.56. The molecular formula is C22H24N6O5S. The number of sulfonamides is 1. The number of amides is 2. The molecule has 34 heavy (non-hydrogen) atoms. The maximum Gasteiger partial charge on any atom is 0.270 e. The number of hydrogen-bond acceptors (Lipinski definition) is 7. The van der Waals surface area contributed by atoms with Gasteiger partial charge in [-0.05, 0) is 44.2 Å². The highest BCUT2D eigenvalue weighted by Gasteiger charge is 2.32. The second-order valence-electron chi connectivity index (χ2n) is 8.75. The lowest BCUT2D eigenvalue weighted by Gasteiger charge is -2.26. The molecule has 2 fully saturated rings. The molecule has 1 aliphatic heterocycles. The van der Waals surface area contributed by atoms with Gasteiger partial charge in [-0.3, -0.25) is 24.3 Å². The molecule has 0 bridgehead atoms. The molecule has 1 saturated carbocycles. The summed E-state index contributed by atoms with van der Waals surface area (Å²) in [5.74, 6) is -0.280. The maximum atomic E-state index is 13.5. The first-order valence-electron chi connectivity index (χ1n) is 11.1. The number of hydrogen-bond donors (Lipinski definition) is 2. The van der Waals surface area contributed by atoms with Gasteiger partial charge in [-0.1, -0.05) is 16.7 Å². The van der Waals surface area contributed by atoms with Gasteiger partial charge in [0, 0.05) is 19.0 Å². The van der Waals surface area contributed by atoms with Gasteiger partial charge < -0.3 is 4.55 Å². The SMILES string of the molecule is Cc1nc2cccc(N[S+](=O)([O-])c3ccnn3CC3CCC3)c2c(=O)n1C1CCC(=O)NC1=O. The van der Waals surface area contributed by atoms with Crippen LogP contribution in [-0.4, -0.2) is 35.7 Å². The minimum Gasteiger partial charge on any atom is -0.587 e. The van der Waals surface area contributed by atoms with Gasteiger partial charge in [-0.2, -0.15) is 5.10 Å². The van der Waals surface area contributed by atoms with E-state index in [2.05, 4.69) is 20.1 Å². The lowest BCUT2D eigenvalue weighted by atomic mass is 9.85. The summed E-state index contributed by atoms with van der Waals surface area (Å²) < 4.78 is 31.8. The van der Waals surface area contributed by atoms with Crippen LogP contribution < -0.4 is 15.6 Å². The number of nitrogens with zero attached hydrogens (tertiary/aromatic N) is 4. The van der Waals surface area contributed by atoms with Gasteiger partial charge >= 0.3 is 0 Å². The average molecular weight is 485 g/mol. The van der Waals surface area contributed by atoms with E-state index >= 15 is 0 Å². The van der Waals surface area contributed by atoms with E-state index in [1.54, 1.807) is 19.1 Å². The summed E-state index contributed by atoms with van der Waals surface area (Å²) in [6.07, 6.45) is 4.92. The summed E-state index contributed by atoms with van der Waals surface area (Å²) in [7, 11) is -4.05. The summed E-state index contributed by atoms with van der Waals surface area (Å²) in [6.45, 7) is 2.11. The smallest absolute Gasteiger partial charge is 0.270 e. The predicted octanol–water partition coefficient (Wildman–Crippen LogP) is 1.70. The zero-order valence-corrected chi connectivity index (χ0v) is 19.3. The normalized spacial score (nSPS) is 20.6. The zero-order chi connectivity index (χ0) is 24.0. The van der Waals surface area contributed by atoms with Crippen LogP contribution in [0.3, 0.4) is 0 Å². The van der Waals surface area contributed by atoms with Crippen LogP contribution in [0.4, 0.5) is 5.69 Å². The molecule has 2 atom stereocenters. The molecule has 2 N–H and O–H groups in total. The summed E-state index contributed by atoms with van der Waals surface area (Å²) in [4.78, 5) is 42.0. The van der Waals surface area contributed by atoms with E-state index in [4.69, 9.17) is 0 Å². The molecule has 12 heteroatoms. The third-order valence-corrected chi connectivity index (χ3v) is 7.87. The van der Waals surface area contributed by atoms with Crippen LogP contribution in [0.15, 0.2) is 40.3 Å². The van der Waals surface area contributed by atoms with Crippen LogP contribution in [-0.2, 0) is 30.7 Å². The molecule has 2 amide bonds. The fourth-order valence-corrected chi connectivity index (χ4v) is 5.74. The number of nitrogens with one attached hydrogen (secondary N) is 2. The Morgan fingerprint density at radius 2 is 2.00 bits per heavy atom. The van der Waals surface area contributed by atoms with Crippen LogP contribution in [0.1, 0.15) is 44.0 Å². The molecule has 2 aliphatic rings. The van der Waals surface area contributed by atoms with Gasteiger partial charge in [-0.15, -0.1) is 0 Å². The minimum atomic E-state index is -4.05. The minimum absolute atomic E-state index is 0.0157. The van der Waals surface area contributed by atoms with Gasteiger partial charge in [0.25, 0.3) is 10.6 Å². The molecule has 1 aromatic carbocycles. The number of imide groups is 1. The second kappa shape index (κ2) is 8.44. The van der Waals surface area contributed by atoms with Crippen LogP contribution in [0.25, 0.3) is 10.9 Å². The first kappa shape index (κ1) is 22.4. The van der Waals surface area contributed by atoms with Gasteiger partial charge in [-0.25, -0.2) is 14.4 Å². The first-order valence-corrected chi connectivity index (χ1v) is 12.6. The molecule has 3 aromatic rings. The van der Waals surface area contributed by atoms with E-state index < -0.39 is 33.8 Å². The highest BCUT2D eigenvalue weighted by molar-refractivity contribution is 7.98. The van der Waals surface area contributed by atoms with Crippen molar-refractivity contribution in [1.29, 1.82) is 0 Å². The van der Waals surface area contributed by atoms with Crippen molar-refractivity contribution in [2.45, 2.75) is 56.6 Å². The Balaban J connectivity index is 1.55. The second-order valence-corrected chi connectivity index (χ2v) is 10.4. The summed E-state index contributed by atoms with van der Waals surface area (Å²) in [6, 6.07) is 5.22. The van der Waals surface area contributed by atoms with E-state index in [1.807, 2.05) is 0 Å². The van der Waals surface area contributed by atoms with Crippen molar-refractivity contribution in [3.63, 3.8) is 0 Å². The third-order valence-electron chi connectivity index (χ3n) is 6.48. The molecular weight excluding hydrogens is 460 g/mol. The van der Waals surface area contributed by atoms with Crippen molar-refractivity contribution in [1.82, 2.24) is 24.6 Å². The van der Waals surface area contributed by atoms with Gasteiger partial charge in [0.05, 0.1) is 22.8 Å². The van der Waals surface area contributed by atoms with Gasteiger partial charge in [0.15, 0.2) is 10.4 Å². The number of carbonyl (C=O) groups is 2. The Hall–Kier alpha value is -3.38. The molecule has 0 radical (unpaired) electrons. The van der Waals surface area contributed by atoms with E-state index in [0.717, 1.165) is 19.3 Å². The zero-order valence-electron chi connectivity index (χ0n) is 18.5. The number of carbonyl (C=O) groups excluding carboxylic acids is 2. The molecule has 178 valence electrons. The summed E-state index contributed by atoms with van der Waals surface area (Å²) >= 11 is 0. The molecule has 1 aliphatic carbocycles. The molecule has 5 rings (SSSR count). The van der Waals surface area contributed by atoms with E-state index in [-0.39, 0.29) is 28.9 Å². The van der Waals surface area contributed by atoms with Crippen molar-refractivity contribution in [3.05, 3.63) is 46.6 Å². The summed E-state index contributed by atoms with van der Waals surface area (Å²) in [5.41, 5.74) is -0.195. The van der Waals surface area contributed by atoms with Crippen LogP contribution >= 0.6 is 0 Å². The van der Waals surface area contributed by atoms with E-state index in [0.29, 0.717) is 23.8 Å². The fraction of sp³-hybridized carbons (Fsp3) is 0.409. The average Bonchev–Trinajstić information content (AvgIpc) is 3.21. The topological polar surface area (TPSA) is 151 Å². The van der Waals surface area contributed by atoms with Crippen LogP contribution in [0, 0.1) is 12.8 Å². The molecule has 0 spiro atoms. The Morgan fingerprint density at radius 1 is 1.21 bits per heavy atom. The van der Waals surface area contributed by atoms with Crippen LogP contribution in [0.5, 0.6) is 0 Å². The van der Waals surface area contributed by atoms with Crippen LogP contribution in [0.2, 0.25) is 0 Å². The predicted molar refractivity (Wildman–Crippen MR) is 122 cm³/mol. The Morgan fingerprint density at radius 3 is 2.71 bits per heavy atom. The number of piperidine rings is 1. The number of fused-ring (bicyclic) bond motifs is 1. The first-order chi connectivity index (χ1) is 16.2. The quantitative estimate of drug-likeness (QED) is 0.399. The lowest BCUT2D eigenvalue weighted by Crippen LogP contribution is -2.45. The van der Waals surface area contributed by atoms with Crippen molar-refractivity contribution >= 4 is 38.8 Å². The van der Waals surface area contributed by atoms with E-state index in [9.17, 15) is 23.1 Å².